The van der Waals surface area contributed by atoms with Crippen LogP contribution < -0.4 is 10.5 Å². The maximum atomic E-state index is 10.6. The molecule has 6 heteroatoms. The van der Waals surface area contributed by atoms with Gasteiger partial charge in [0.25, 0.3) is 0 Å². The lowest BCUT2D eigenvalue weighted by molar-refractivity contribution is -0.153. The number of carbonyl (C=O) groups is 1. The van der Waals surface area contributed by atoms with Crippen LogP contribution in [-0.2, 0) is 4.79 Å². The summed E-state index contributed by atoms with van der Waals surface area (Å²) in [6, 6.07) is 13.0. The molecule has 110 valence electrons. The fourth-order valence-corrected chi connectivity index (χ4v) is 1.72. The molecule has 0 saturated carbocycles. The molecule has 2 unspecified atom stereocenters. The van der Waals surface area contributed by atoms with Gasteiger partial charge in [-0.25, -0.2) is 4.79 Å². The fourth-order valence-electron chi connectivity index (χ4n) is 1.72. The number of aliphatic hydroxyl groups excluding tert-OH is 2. The molecule has 2 aromatic carbocycles. The minimum absolute atomic E-state index is 0.287. The number of hydrogen-bond donors (Lipinski definition) is 4. The Labute approximate surface area is 121 Å². The van der Waals surface area contributed by atoms with Crippen LogP contribution in [-0.4, -0.2) is 27.4 Å². The number of anilines is 1. The summed E-state index contributed by atoms with van der Waals surface area (Å²) in [4.78, 5) is 10.6. The van der Waals surface area contributed by atoms with Crippen LogP contribution in [0.25, 0.3) is 0 Å². The van der Waals surface area contributed by atoms with Crippen molar-refractivity contribution >= 4 is 11.7 Å². The van der Waals surface area contributed by atoms with E-state index in [4.69, 9.17) is 15.6 Å². The molecule has 0 heterocycles. The van der Waals surface area contributed by atoms with E-state index in [0.29, 0.717) is 17.2 Å². The summed E-state index contributed by atoms with van der Waals surface area (Å²) in [7, 11) is 0. The Morgan fingerprint density at radius 3 is 1.90 bits per heavy atom. The van der Waals surface area contributed by atoms with Crippen LogP contribution in [0.3, 0.4) is 0 Å². The molecule has 0 aliphatic carbocycles. The van der Waals surface area contributed by atoms with E-state index >= 15 is 0 Å². The van der Waals surface area contributed by atoms with E-state index in [1.807, 2.05) is 0 Å². The minimum Gasteiger partial charge on any atom is -0.479 e. The fraction of sp³-hybridized carbons (Fsp3) is 0.133. The number of rotatable bonds is 5. The van der Waals surface area contributed by atoms with Crippen molar-refractivity contribution < 1.29 is 24.9 Å². The Morgan fingerprint density at radius 2 is 1.43 bits per heavy atom. The molecule has 0 bridgehead atoms. The quantitative estimate of drug-likeness (QED) is 0.621. The first-order chi connectivity index (χ1) is 9.97. The molecular formula is C15H15NO5. The van der Waals surface area contributed by atoms with E-state index in [2.05, 4.69) is 0 Å². The van der Waals surface area contributed by atoms with Crippen molar-refractivity contribution in [2.75, 3.05) is 5.73 Å². The van der Waals surface area contributed by atoms with Gasteiger partial charge < -0.3 is 25.8 Å². The Bertz CT molecular complexity index is 609. The molecule has 0 amide bonds. The van der Waals surface area contributed by atoms with Crippen LogP contribution in [0.1, 0.15) is 11.7 Å². The second-order valence-electron chi connectivity index (χ2n) is 4.47. The minimum atomic E-state index is -1.87. The highest BCUT2D eigenvalue weighted by atomic mass is 16.5. The zero-order valence-corrected chi connectivity index (χ0v) is 11.0. The normalized spacial score (nSPS) is 13.4. The third-order valence-corrected chi connectivity index (χ3v) is 2.89. The summed E-state index contributed by atoms with van der Waals surface area (Å²) in [6.07, 6.45) is -3.36. The average molecular weight is 289 g/mol. The van der Waals surface area contributed by atoms with E-state index in [1.165, 1.54) is 12.1 Å². The van der Waals surface area contributed by atoms with E-state index in [-0.39, 0.29) is 5.56 Å². The summed E-state index contributed by atoms with van der Waals surface area (Å²) >= 11 is 0. The van der Waals surface area contributed by atoms with Crippen LogP contribution in [0.15, 0.2) is 48.5 Å². The number of nitrogens with two attached hydrogens (primary N) is 1. The number of benzene rings is 2. The average Bonchev–Trinajstić information content (AvgIpc) is 2.49. The molecule has 6 nitrogen and oxygen atoms in total. The summed E-state index contributed by atoms with van der Waals surface area (Å²) in [6.45, 7) is 0. The van der Waals surface area contributed by atoms with Crippen molar-refractivity contribution in [1.82, 2.24) is 0 Å². The second-order valence-corrected chi connectivity index (χ2v) is 4.47. The van der Waals surface area contributed by atoms with Crippen LogP contribution in [0.2, 0.25) is 0 Å². The Hall–Kier alpha value is -2.57. The summed E-state index contributed by atoms with van der Waals surface area (Å²) in [5.41, 5.74) is 6.49. The topological polar surface area (TPSA) is 113 Å². The van der Waals surface area contributed by atoms with Crippen molar-refractivity contribution in [1.29, 1.82) is 0 Å². The van der Waals surface area contributed by atoms with Gasteiger partial charge in [-0.2, -0.15) is 0 Å². The van der Waals surface area contributed by atoms with E-state index in [9.17, 15) is 15.0 Å². The van der Waals surface area contributed by atoms with Crippen LogP contribution in [0.5, 0.6) is 11.5 Å². The molecule has 0 radical (unpaired) electrons. The number of carboxylic acid groups (broad SMARTS) is 1. The van der Waals surface area contributed by atoms with Gasteiger partial charge in [0.2, 0.25) is 0 Å². The van der Waals surface area contributed by atoms with Gasteiger partial charge in [0.1, 0.15) is 17.6 Å². The zero-order valence-electron chi connectivity index (χ0n) is 11.0. The molecule has 0 fully saturated rings. The van der Waals surface area contributed by atoms with Crippen molar-refractivity contribution in [2.24, 2.45) is 0 Å². The molecule has 2 atom stereocenters. The molecule has 0 aliphatic heterocycles. The summed E-state index contributed by atoms with van der Waals surface area (Å²) in [5.74, 6) is -0.367. The summed E-state index contributed by atoms with van der Waals surface area (Å²) in [5, 5.41) is 27.6. The zero-order chi connectivity index (χ0) is 15.4. The van der Waals surface area contributed by atoms with E-state index in [1.54, 1.807) is 36.4 Å². The van der Waals surface area contributed by atoms with Crippen LogP contribution in [0.4, 0.5) is 5.69 Å². The SMILES string of the molecule is Nc1ccc(Oc2ccc(C(O)C(O)C(=O)O)cc2)cc1. The van der Waals surface area contributed by atoms with Crippen LogP contribution in [0, 0.1) is 0 Å². The molecule has 0 spiro atoms. The van der Waals surface area contributed by atoms with Crippen molar-refractivity contribution in [2.45, 2.75) is 12.2 Å². The van der Waals surface area contributed by atoms with Gasteiger partial charge in [0.05, 0.1) is 0 Å². The number of hydrogen-bond acceptors (Lipinski definition) is 5. The van der Waals surface area contributed by atoms with Crippen molar-refractivity contribution in [3.8, 4) is 11.5 Å². The van der Waals surface area contributed by atoms with Crippen molar-refractivity contribution in [3.05, 3.63) is 54.1 Å². The Kier molecular flexibility index (Phi) is 4.42. The Morgan fingerprint density at radius 1 is 0.952 bits per heavy atom. The van der Waals surface area contributed by atoms with Crippen LogP contribution >= 0.6 is 0 Å². The van der Waals surface area contributed by atoms with Gasteiger partial charge >= 0.3 is 5.97 Å². The highest BCUT2D eigenvalue weighted by Gasteiger charge is 2.24. The Balaban J connectivity index is 2.08. The first-order valence-corrected chi connectivity index (χ1v) is 6.19. The lowest BCUT2D eigenvalue weighted by Gasteiger charge is -2.14. The van der Waals surface area contributed by atoms with Gasteiger partial charge in [-0.1, -0.05) is 12.1 Å². The third-order valence-electron chi connectivity index (χ3n) is 2.89. The number of aliphatic carboxylic acids is 1. The van der Waals surface area contributed by atoms with Gasteiger partial charge in [0, 0.05) is 5.69 Å². The number of ether oxygens (including phenoxy) is 1. The highest BCUT2D eigenvalue weighted by Crippen LogP contribution is 2.25. The second kappa shape index (κ2) is 6.25. The number of nitrogen functional groups attached to an aromatic ring is 1. The lowest BCUT2D eigenvalue weighted by Crippen LogP contribution is -2.27. The molecule has 0 aliphatic rings. The van der Waals surface area contributed by atoms with Gasteiger partial charge in [-0.05, 0) is 42.0 Å². The first kappa shape index (κ1) is 14.8. The van der Waals surface area contributed by atoms with Crippen molar-refractivity contribution in [3.63, 3.8) is 0 Å². The first-order valence-electron chi connectivity index (χ1n) is 6.19. The maximum absolute atomic E-state index is 10.6. The predicted molar refractivity (Wildman–Crippen MR) is 76.0 cm³/mol. The van der Waals surface area contributed by atoms with Gasteiger partial charge in [-0.3, -0.25) is 0 Å². The highest BCUT2D eigenvalue weighted by molar-refractivity contribution is 5.73. The molecule has 2 aromatic rings. The molecule has 0 aromatic heterocycles. The molecule has 0 saturated heterocycles. The van der Waals surface area contributed by atoms with Gasteiger partial charge in [0.15, 0.2) is 6.10 Å². The van der Waals surface area contributed by atoms with E-state index < -0.39 is 18.2 Å². The van der Waals surface area contributed by atoms with Gasteiger partial charge in [-0.15, -0.1) is 0 Å². The number of carboxylic acids is 1. The maximum Gasteiger partial charge on any atom is 0.335 e. The standard InChI is InChI=1S/C15H15NO5/c16-10-3-7-12(8-4-10)21-11-5-1-9(2-6-11)13(17)14(18)15(19)20/h1-8,13-14,17-18H,16H2,(H,19,20). The molecular weight excluding hydrogens is 274 g/mol. The summed E-state index contributed by atoms with van der Waals surface area (Å²) < 4.78 is 5.56. The third kappa shape index (κ3) is 3.71. The molecule has 2 rings (SSSR count). The smallest absolute Gasteiger partial charge is 0.335 e. The predicted octanol–water partition coefficient (Wildman–Crippen LogP) is 1.54. The number of aliphatic hydroxyl groups is 2. The monoisotopic (exact) mass is 289 g/mol. The van der Waals surface area contributed by atoms with E-state index in [0.717, 1.165) is 0 Å². The molecule has 21 heavy (non-hydrogen) atoms. The molecule has 5 N–H and O–H groups in total. The lowest BCUT2D eigenvalue weighted by atomic mass is 10.0. The largest absolute Gasteiger partial charge is 0.479 e.